The number of para-hydroxylation sites is 1. The minimum Gasteiger partial charge on any atom is -0.496 e. The molecule has 1 aromatic carbocycles. The second-order valence-corrected chi connectivity index (χ2v) is 7.72. The third kappa shape index (κ3) is 4.15. The molecule has 0 radical (unpaired) electrons. The van der Waals surface area contributed by atoms with Crippen molar-refractivity contribution in [2.75, 3.05) is 20.2 Å². The Kier molecular flexibility index (Phi) is 5.41. The minimum atomic E-state index is 0.166. The van der Waals surface area contributed by atoms with E-state index >= 15 is 0 Å². The van der Waals surface area contributed by atoms with Crippen molar-refractivity contribution in [2.24, 2.45) is 5.92 Å². The summed E-state index contributed by atoms with van der Waals surface area (Å²) < 4.78 is 10.8. The normalized spacial score (nSPS) is 17.9. The van der Waals surface area contributed by atoms with Crippen molar-refractivity contribution in [3.63, 3.8) is 0 Å². The Hall–Kier alpha value is -2.37. The van der Waals surface area contributed by atoms with E-state index in [-0.39, 0.29) is 11.8 Å². The number of hydrogen-bond acceptors (Lipinski definition) is 5. The molecule has 6 heteroatoms. The van der Waals surface area contributed by atoms with Crippen molar-refractivity contribution < 1.29 is 14.1 Å². The molecule has 2 fully saturated rings. The highest BCUT2D eigenvalue weighted by Crippen LogP contribution is 2.31. The third-order valence-electron chi connectivity index (χ3n) is 5.85. The molecule has 144 valence electrons. The average molecular weight is 369 g/mol. The molecule has 0 spiro atoms. The molecule has 1 aliphatic heterocycles. The molecular weight excluding hydrogens is 342 g/mol. The fourth-order valence-corrected chi connectivity index (χ4v) is 4.15. The summed E-state index contributed by atoms with van der Waals surface area (Å²) in [7, 11) is 1.66. The lowest BCUT2D eigenvalue weighted by Gasteiger charge is -2.37. The molecule has 0 N–H and O–H groups in total. The molecule has 1 aromatic heterocycles. The van der Waals surface area contributed by atoms with E-state index in [0.717, 1.165) is 23.7 Å². The first-order valence-corrected chi connectivity index (χ1v) is 9.95. The zero-order chi connectivity index (χ0) is 18.6. The fourth-order valence-electron chi connectivity index (χ4n) is 4.15. The van der Waals surface area contributed by atoms with Crippen LogP contribution in [0.3, 0.4) is 0 Å². The Balaban J connectivity index is 1.27. The van der Waals surface area contributed by atoms with E-state index in [1.54, 1.807) is 7.11 Å². The summed E-state index contributed by atoms with van der Waals surface area (Å²) in [6.45, 7) is 1.39. The van der Waals surface area contributed by atoms with Gasteiger partial charge in [0.2, 0.25) is 11.8 Å². The lowest BCUT2D eigenvalue weighted by atomic mass is 9.97. The molecule has 6 nitrogen and oxygen atoms in total. The molecule has 2 aromatic rings. The average Bonchev–Trinajstić information content (AvgIpc) is 3.31. The Labute approximate surface area is 159 Å². The number of methoxy groups -OCH3 is 1. The summed E-state index contributed by atoms with van der Waals surface area (Å²) in [4.78, 5) is 18.8. The van der Waals surface area contributed by atoms with Gasteiger partial charge in [0.05, 0.1) is 13.0 Å². The fraction of sp³-hybridized carbons (Fsp3) is 0.571. The molecule has 0 bridgehead atoms. The van der Waals surface area contributed by atoms with Crippen LogP contribution < -0.4 is 4.74 Å². The molecule has 0 atom stereocenters. The highest BCUT2D eigenvalue weighted by atomic mass is 16.5. The van der Waals surface area contributed by atoms with Gasteiger partial charge in [-0.1, -0.05) is 49.0 Å². The smallest absolute Gasteiger partial charge is 0.233 e. The van der Waals surface area contributed by atoms with Gasteiger partial charge in [0, 0.05) is 31.5 Å². The first kappa shape index (κ1) is 18.0. The zero-order valence-corrected chi connectivity index (χ0v) is 15.9. The van der Waals surface area contributed by atoms with E-state index in [1.807, 2.05) is 29.2 Å². The highest BCUT2D eigenvalue weighted by Gasteiger charge is 2.35. The number of ether oxygens (including phenoxy) is 1. The van der Waals surface area contributed by atoms with Gasteiger partial charge in [-0.25, -0.2) is 0 Å². The van der Waals surface area contributed by atoms with Gasteiger partial charge < -0.3 is 14.2 Å². The van der Waals surface area contributed by atoms with Crippen molar-refractivity contribution in [1.82, 2.24) is 15.0 Å². The highest BCUT2D eigenvalue weighted by molar-refractivity contribution is 5.77. The Bertz CT molecular complexity index is 776. The lowest BCUT2D eigenvalue weighted by Crippen LogP contribution is -2.48. The van der Waals surface area contributed by atoms with Crippen LogP contribution in [0.4, 0.5) is 0 Å². The summed E-state index contributed by atoms with van der Waals surface area (Å²) in [5, 5.41) is 4.10. The standard InChI is InChI=1S/C21H27N3O3/c1-26-18-9-5-4-8-16(18)12-19-22-21(27-23-19)17-13-24(14-17)20(25)11-10-15-6-2-3-7-15/h4-5,8-9,15,17H,2-3,6-7,10-14H2,1H3. The number of nitrogens with zero attached hydrogens (tertiary/aromatic N) is 3. The maximum atomic E-state index is 12.3. The van der Waals surface area contributed by atoms with Crippen LogP contribution in [0.2, 0.25) is 0 Å². The van der Waals surface area contributed by atoms with Crippen molar-refractivity contribution in [1.29, 1.82) is 0 Å². The monoisotopic (exact) mass is 369 g/mol. The Morgan fingerprint density at radius 1 is 1.26 bits per heavy atom. The van der Waals surface area contributed by atoms with Gasteiger partial charge in [-0.15, -0.1) is 0 Å². The van der Waals surface area contributed by atoms with Crippen LogP contribution in [0.15, 0.2) is 28.8 Å². The largest absolute Gasteiger partial charge is 0.496 e. The number of carbonyl (C=O) groups is 1. The molecule has 2 aliphatic rings. The maximum Gasteiger partial charge on any atom is 0.233 e. The van der Waals surface area contributed by atoms with E-state index < -0.39 is 0 Å². The lowest BCUT2D eigenvalue weighted by molar-refractivity contribution is -0.136. The molecule has 27 heavy (non-hydrogen) atoms. The van der Waals surface area contributed by atoms with Crippen molar-refractivity contribution >= 4 is 5.91 Å². The van der Waals surface area contributed by atoms with Crippen LogP contribution in [0, 0.1) is 5.92 Å². The molecule has 4 rings (SSSR count). The third-order valence-corrected chi connectivity index (χ3v) is 5.85. The minimum absolute atomic E-state index is 0.166. The number of aromatic nitrogens is 2. The molecule has 1 saturated heterocycles. The number of rotatable bonds is 7. The first-order chi connectivity index (χ1) is 13.2. The van der Waals surface area contributed by atoms with Gasteiger partial charge in [0.15, 0.2) is 5.82 Å². The SMILES string of the molecule is COc1ccccc1Cc1noc(C2CN(C(=O)CCC3CCCC3)C2)n1. The summed E-state index contributed by atoms with van der Waals surface area (Å²) in [6, 6.07) is 7.84. The first-order valence-electron chi connectivity index (χ1n) is 9.95. The van der Waals surface area contributed by atoms with Crippen molar-refractivity contribution in [3.8, 4) is 5.75 Å². The molecule has 1 amide bonds. The van der Waals surface area contributed by atoms with Gasteiger partial charge in [-0.05, 0) is 18.4 Å². The van der Waals surface area contributed by atoms with Gasteiger partial charge in [0.1, 0.15) is 5.75 Å². The van der Waals surface area contributed by atoms with Crippen LogP contribution in [-0.2, 0) is 11.2 Å². The summed E-state index contributed by atoms with van der Waals surface area (Å²) in [5.41, 5.74) is 1.03. The van der Waals surface area contributed by atoms with E-state index in [0.29, 0.717) is 37.6 Å². The number of benzene rings is 1. The maximum absolute atomic E-state index is 12.3. The van der Waals surface area contributed by atoms with Crippen molar-refractivity contribution in [3.05, 3.63) is 41.5 Å². The summed E-state index contributed by atoms with van der Waals surface area (Å²) in [6.07, 6.45) is 7.56. The number of amides is 1. The van der Waals surface area contributed by atoms with Crippen LogP contribution >= 0.6 is 0 Å². The number of likely N-dealkylation sites (tertiary alicyclic amines) is 1. The second-order valence-electron chi connectivity index (χ2n) is 7.72. The molecule has 1 saturated carbocycles. The second kappa shape index (κ2) is 8.11. The summed E-state index contributed by atoms with van der Waals surface area (Å²) in [5.74, 6) is 3.32. The van der Waals surface area contributed by atoms with Crippen LogP contribution in [-0.4, -0.2) is 41.1 Å². The molecule has 1 aliphatic carbocycles. The predicted molar refractivity (Wildman–Crippen MR) is 101 cm³/mol. The number of carbonyl (C=O) groups excluding carboxylic acids is 1. The topological polar surface area (TPSA) is 68.5 Å². The Morgan fingerprint density at radius 3 is 2.81 bits per heavy atom. The van der Waals surface area contributed by atoms with Gasteiger partial charge in [0.25, 0.3) is 0 Å². The number of hydrogen-bond donors (Lipinski definition) is 0. The van der Waals surface area contributed by atoms with Crippen LogP contribution in [0.25, 0.3) is 0 Å². The predicted octanol–water partition coefficient (Wildman–Crippen LogP) is 3.57. The summed E-state index contributed by atoms with van der Waals surface area (Å²) >= 11 is 0. The van der Waals surface area contributed by atoms with Gasteiger partial charge in [-0.2, -0.15) is 4.98 Å². The van der Waals surface area contributed by atoms with E-state index in [1.165, 1.54) is 25.7 Å². The van der Waals surface area contributed by atoms with Gasteiger partial charge in [-0.3, -0.25) is 4.79 Å². The quantitative estimate of drug-likeness (QED) is 0.746. The van der Waals surface area contributed by atoms with Gasteiger partial charge >= 0.3 is 0 Å². The van der Waals surface area contributed by atoms with Crippen molar-refractivity contribution in [2.45, 2.75) is 50.9 Å². The van der Waals surface area contributed by atoms with E-state index in [4.69, 9.17) is 9.26 Å². The molecular formula is C21H27N3O3. The molecule has 0 unspecified atom stereocenters. The van der Waals surface area contributed by atoms with Crippen LogP contribution in [0.5, 0.6) is 5.75 Å². The van der Waals surface area contributed by atoms with E-state index in [9.17, 15) is 4.79 Å². The Morgan fingerprint density at radius 2 is 2.04 bits per heavy atom. The van der Waals surface area contributed by atoms with E-state index in [2.05, 4.69) is 10.1 Å². The zero-order valence-electron chi connectivity index (χ0n) is 15.9. The molecule has 2 heterocycles. The van der Waals surface area contributed by atoms with Crippen LogP contribution in [0.1, 0.15) is 61.7 Å².